The molecular formula is C25H29ClN6O3. The third-order valence-electron chi connectivity index (χ3n) is 6.29. The highest BCUT2D eigenvalue weighted by atomic mass is 35.5. The summed E-state index contributed by atoms with van der Waals surface area (Å²) in [6.45, 7) is 1.62. The zero-order valence-electron chi connectivity index (χ0n) is 19.3. The number of nitro groups is 1. The first-order valence-electron chi connectivity index (χ1n) is 11.7. The molecule has 1 aromatic heterocycles. The first-order chi connectivity index (χ1) is 17.0. The number of hydrogen-bond acceptors (Lipinski definition) is 8. The third kappa shape index (κ3) is 6.58. The van der Waals surface area contributed by atoms with Crippen LogP contribution in [0.1, 0.15) is 31.2 Å². The number of halogens is 1. The largest absolute Gasteiger partial charge is 0.457 e. The van der Waals surface area contributed by atoms with Gasteiger partial charge in [-0.25, -0.2) is 4.98 Å². The van der Waals surface area contributed by atoms with Crippen LogP contribution in [0.15, 0.2) is 54.7 Å². The fraction of sp³-hybridized carbons (Fsp3) is 0.360. The second-order valence-electron chi connectivity index (χ2n) is 8.67. The first-order valence-corrected chi connectivity index (χ1v) is 12.1. The Bertz CT molecular complexity index is 1140. The molecule has 4 rings (SSSR count). The van der Waals surface area contributed by atoms with E-state index in [9.17, 15) is 10.1 Å². The minimum absolute atomic E-state index is 0.156. The molecule has 0 amide bonds. The van der Waals surface area contributed by atoms with E-state index in [0.717, 1.165) is 37.8 Å². The van der Waals surface area contributed by atoms with Gasteiger partial charge in [-0.1, -0.05) is 35.9 Å². The van der Waals surface area contributed by atoms with Gasteiger partial charge in [0.15, 0.2) is 0 Å². The van der Waals surface area contributed by atoms with Gasteiger partial charge < -0.3 is 21.1 Å². The molecule has 4 N–H and O–H groups in total. The van der Waals surface area contributed by atoms with Gasteiger partial charge >= 0.3 is 5.69 Å². The third-order valence-corrected chi connectivity index (χ3v) is 6.65. The summed E-state index contributed by atoms with van der Waals surface area (Å²) in [5, 5.41) is 18.4. The number of nitrogens with two attached hydrogens (primary N) is 1. The molecule has 1 fully saturated rings. The number of hydrogen-bond donors (Lipinski definition) is 3. The minimum Gasteiger partial charge on any atom is -0.457 e. The zero-order valence-corrected chi connectivity index (χ0v) is 20.1. The second-order valence-corrected chi connectivity index (χ2v) is 9.08. The van der Waals surface area contributed by atoms with Crippen molar-refractivity contribution in [3.05, 3.63) is 75.4 Å². The van der Waals surface area contributed by atoms with Crippen LogP contribution in [-0.4, -0.2) is 28.0 Å². The quantitative estimate of drug-likeness (QED) is 0.243. The summed E-state index contributed by atoms with van der Waals surface area (Å²) in [7, 11) is 0. The van der Waals surface area contributed by atoms with Crippen LogP contribution >= 0.6 is 11.6 Å². The summed E-state index contributed by atoms with van der Waals surface area (Å²) in [4.78, 5) is 19.6. The lowest BCUT2D eigenvalue weighted by atomic mass is 9.82. The van der Waals surface area contributed by atoms with Gasteiger partial charge in [0, 0.05) is 23.7 Å². The van der Waals surface area contributed by atoms with Crippen molar-refractivity contribution in [2.45, 2.75) is 32.2 Å². The minimum atomic E-state index is -0.475. The Morgan fingerprint density at radius 1 is 1.06 bits per heavy atom. The van der Waals surface area contributed by atoms with Gasteiger partial charge in [0.1, 0.15) is 17.7 Å². The van der Waals surface area contributed by atoms with Crippen LogP contribution in [0.25, 0.3) is 0 Å². The van der Waals surface area contributed by atoms with Crippen LogP contribution in [-0.2, 0) is 6.54 Å². The number of benzene rings is 2. The topological polar surface area (TPSA) is 128 Å². The van der Waals surface area contributed by atoms with E-state index in [-0.39, 0.29) is 24.0 Å². The van der Waals surface area contributed by atoms with Crippen molar-refractivity contribution in [3.63, 3.8) is 0 Å². The Labute approximate surface area is 209 Å². The summed E-state index contributed by atoms with van der Waals surface area (Å²) in [6, 6.07) is 14.8. The number of nitrogens with zero attached hydrogens (tertiary/aromatic N) is 3. The fourth-order valence-electron chi connectivity index (χ4n) is 4.23. The van der Waals surface area contributed by atoms with Gasteiger partial charge in [-0.15, -0.1) is 0 Å². The molecule has 0 aliphatic heterocycles. The molecule has 1 aliphatic rings. The van der Waals surface area contributed by atoms with Crippen molar-refractivity contribution in [2.75, 3.05) is 23.7 Å². The van der Waals surface area contributed by atoms with E-state index < -0.39 is 4.92 Å². The standard InChI is InChI=1S/C25H29ClN6O3/c26-21-7-4-8-23(35-19-5-2-1-3-6-19)20(21)15-29-25-30-16-22(32(33)34)24(31-25)28-14-18-11-9-17(13-27)10-12-18/h1-8,16-18H,9-15,27H2,(H2,28,29,30,31). The average molecular weight is 497 g/mol. The fourth-order valence-corrected chi connectivity index (χ4v) is 4.46. The Morgan fingerprint density at radius 3 is 2.51 bits per heavy atom. The molecule has 0 saturated heterocycles. The van der Waals surface area contributed by atoms with Gasteiger partial charge in [-0.2, -0.15) is 4.98 Å². The lowest BCUT2D eigenvalue weighted by Gasteiger charge is -2.27. The van der Waals surface area contributed by atoms with Gasteiger partial charge in [0.05, 0.1) is 4.92 Å². The van der Waals surface area contributed by atoms with E-state index >= 15 is 0 Å². The molecule has 0 radical (unpaired) electrons. The van der Waals surface area contributed by atoms with Gasteiger partial charge in [0.25, 0.3) is 0 Å². The highest BCUT2D eigenvalue weighted by Gasteiger charge is 2.23. The molecule has 2 aromatic carbocycles. The van der Waals surface area contributed by atoms with Crippen molar-refractivity contribution in [2.24, 2.45) is 17.6 Å². The Morgan fingerprint density at radius 2 is 1.80 bits per heavy atom. The maximum Gasteiger partial charge on any atom is 0.329 e. The van der Waals surface area contributed by atoms with Gasteiger partial charge in [-0.3, -0.25) is 10.1 Å². The molecule has 10 heteroatoms. The molecule has 0 spiro atoms. The highest BCUT2D eigenvalue weighted by molar-refractivity contribution is 6.31. The second kappa shape index (κ2) is 11.8. The predicted octanol–water partition coefficient (Wildman–Crippen LogP) is 5.62. The van der Waals surface area contributed by atoms with E-state index in [1.54, 1.807) is 6.07 Å². The number of para-hydroxylation sites is 1. The molecule has 3 aromatic rings. The molecule has 1 saturated carbocycles. The van der Waals surface area contributed by atoms with Crippen molar-refractivity contribution in [3.8, 4) is 11.5 Å². The van der Waals surface area contributed by atoms with Gasteiger partial charge in [0.2, 0.25) is 11.8 Å². The molecule has 1 heterocycles. The maximum atomic E-state index is 11.5. The van der Waals surface area contributed by atoms with Crippen molar-refractivity contribution in [1.29, 1.82) is 0 Å². The highest BCUT2D eigenvalue weighted by Crippen LogP contribution is 2.32. The van der Waals surface area contributed by atoms with Crippen LogP contribution in [0.3, 0.4) is 0 Å². The molecule has 35 heavy (non-hydrogen) atoms. The van der Waals surface area contributed by atoms with Crippen molar-refractivity contribution < 1.29 is 9.66 Å². The molecule has 0 atom stereocenters. The van der Waals surface area contributed by atoms with Crippen LogP contribution in [0.2, 0.25) is 5.02 Å². The van der Waals surface area contributed by atoms with E-state index in [1.807, 2.05) is 42.5 Å². The summed E-state index contributed by atoms with van der Waals surface area (Å²) in [5.41, 5.74) is 6.35. The predicted molar refractivity (Wildman–Crippen MR) is 137 cm³/mol. The number of ether oxygens (including phenoxy) is 1. The number of anilines is 2. The normalized spacial score (nSPS) is 17.5. The Kier molecular flexibility index (Phi) is 8.33. The van der Waals surface area contributed by atoms with Gasteiger partial charge in [-0.05, 0) is 68.3 Å². The molecular weight excluding hydrogens is 468 g/mol. The molecule has 0 bridgehead atoms. The SMILES string of the molecule is NCC1CCC(CNc2nc(NCc3c(Cl)cccc3Oc3ccccc3)ncc2[N+](=O)[O-])CC1. The summed E-state index contributed by atoms with van der Waals surface area (Å²) in [5.74, 6) is 2.77. The van der Waals surface area contributed by atoms with Crippen LogP contribution in [0.4, 0.5) is 17.5 Å². The molecule has 1 aliphatic carbocycles. The van der Waals surface area contributed by atoms with E-state index in [1.165, 1.54) is 6.20 Å². The van der Waals surface area contributed by atoms with Crippen LogP contribution in [0.5, 0.6) is 11.5 Å². The first kappa shape index (κ1) is 24.7. The zero-order chi connectivity index (χ0) is 24.6. The number of aromatic nitrogens is 2. The van der Waals surface area contributed by atoms with Crippen molar-refractivity contribution >= 4 is 29.1 Å². The van der Waals surface area contributed by atoms with Crippen molar-refractivity contribution in [1.82, 2.24) is 9.97 Å². The Balaban J connectivity index is 1.45. The lowest BCUT2D eigenvalue weighted by Crippen LogP contribution is -2.25. The summed E-state index contributed by atoms with van der Waals surface area (Å²) < 4.78 is 6.00. The van der Waals surface area contributed by atoms with Crippen LogP contribution in [0, 0.1) is 22.0 Å². The number of nitrogens with one attached hydrogen (secondary N) is 2. The summed E-state index contributed by atoms with van der Waals surface area (Å²) in [6.07, 6.45) is 5.50. The maximum absolute atomic E-state index is 11.5. The monoisotopic (exact) mass is 496 g/mol. The average Bonchev–Trinajstić information content (AvgIpc) is 2.88. The summed E-state index contributed by atoms with van der Waals surface area (Å²) >= 11 is 6.45. The smallest absolute Gasteiger partial charge is 0.329 e. The van der Waals surface area contributed by atoms with Crippen LogP contribution < -0.4 is 21.1 Å². The molecule has 184 valence electrons. The Hall–Kier alpha value is -3.43. The molecule has 0 unspecified atom stereocenters. The lowest BCUT2D eigenvalue weighted by molar-refractivity contribution is -0.384. The number of rotatable bonds is 10. The molecule has 9 nitrogen and oxygen atoms in total. The van der Waals surface area contributed by atoms with E-state index in [4.69, 9.17) is 22.1 Å². The van der Waals surface area contributed by atoms with E-state index in [0.29, 0.717) is 34.9 Å². The van der Waals surface area contributed by atoms with E-state index in [2.05, 4.69) is 20.6 Å².